The summed E-state index contributed by atoms with van der Waals surface area (Å²) in [6.45, 7) is 0.646. The van der Waals surface area contributed by atoms with Crippen LogP contribution >= 0.6 is 0 Å². The van der Waals surface area contributed by atoms with Gasteiger partial charge in [-0.05, 0) is 36.2 Å². The summed E-state index contributed by atoms with van der Waals surface area (Å²) in [7, 11) is 0. The fourth-order valence-corrected chi connectivity index (χ4v) is 2.88. The number of fused-ring (bicyclic) bond motifs is 3. The highest BCUT2D eigenvalue weighted by Crippen LogP contribution is 2.13. The third-order valence-corrected chi connectivity index (χ3v) is 3.97. The van der Waals surface area contributed by atoms with E-state index in [4.69, 9.17) is 0 Å². The van der Waals surface area contributed by atoms with Crippen LogP contribution in [0.2, 0.25) is 0 Å². The van der Waals surface area contributed by atoms with Crippen LogP contribution in [0.3, 0.4) is 0 Å². The average Bonchev–Trinajstić information content (AvgIpc) is 3.06. The minimum atomic E-state index is 0.0291. The summed E-state index contributed by atoms with van der Waals surface area (Å²) in [4.78, 5) is 17.2. The van der Waals surface area contributed by atoms with E-state index in [0.717, 1.165) is 17.6 Å². The zero-order chi connectivity index (χ0) is 14.9. The molecule has 0 unspecified atom stereocenters. The molecule has 4 heteroatoms. The van der Waals surface area contributed by atoms with E-state index >= 15 is 0 Å². The highest BCUT2D eigenvalue weighted by Gasteiger charge is 2.10. The van der Waals surface area contributed by atoms with Crippen LogP contribution in [0.4, 0.5) is 0 Å². The molecule has 1 aromatic carbocycles. The molecule has 0 amide bonds. The van der Waals surface area contributed by atoms with Crippen molar-refractivity contribution < 1.29 is 0 Å². The Balaban J connectivity index is 1.88. The Labute approximate surface area is 127 Å². The quantitative estimate of drug-likeness (QED) is 0.582. The van der Waals surface area contributed by atoms with Gasteiger partial charge in [-0.2, -0.15) is 0 Å². The van der Waals surface area contributed by atoms with Crippen molar-refractivity contribution in [1.82, 2.24) is 14.0 Å². The molecule has 4 aromatic rings. The first-order valence-corrected chi connectivity index (χ1v) is 7.33. The molecule has 0 saturated heterocycles. The van der Waals surface area contributed by atoms with Gasteiger partial charge in [-0.15, -0.1) is 0 Å². The molecule has 0 N–H and O–H groups in total. The van der Waals surface area contributed by atoms with Gasteiger partial charge in [-0.1, -0.05) is 30.3 Å². The Morgan fingerprint density at radius 1 is 0.909 bits per heavy atom. The summed E-state index contributed by atoms with van der Waals surface area (Å²) < 4.78 is 3.68. The second kappa shape index (κ2) is 5.15. The maximum atomic E-state index is 12.7. The summed E-state index contributed by atoms with van der Waals surface area (Å²) in [5.41, 5.74) is 3.60. The molecule has 0 aliphatic rings. The summed E-state index contributed by atoms with van der Waals surface area (Å²) in [5, 5.41) is 0. The van der Waals surface area contributed by atoms with Crippen LogP contribution in [0.1, 0.15) is 5.56 Å². The predicted octanol–water partition coefficient (Wildman–Crippen LogP) is 2.89. The number of rotatable bonds is 3. The maximum Gasteiger partial charge on any atom is 0.275 e. The lowest BCUT2D eigenvalue weighted by molar-refractivity contribution is 0.694. The second-order valence-electron chi connectivity index (χ2n) is 5.30. The van der Waals surface area contributed by atoms with Crippen molar-refractivity contribution in [1.29, 1.82) is 0 Å². The summed E-state index contributed by atoms with van der Waals surface area (Å²) in [6.07, 6.45) is 4.46. The van der Waals surface area contributed by atoms with E-state index in [1.165, 1.54) is 5.56 Å². The molecule has 0 aliphatic heterocycles. The summed E-state index contributed by atoms with van der Waals surface area (Å²) in [6, 6.07) is 17.8. The van der Waals surface area contributed by atoms with Crippen LogP contribution in [-0.2, 0) is 13.0 Å². The van der Waals surface area contributed by atoms with E-state index in [1.807, 2.05) is 57.6 Å². The Hall–Kier alpha value is -2.88. The smallest absolute Gasteiger partial charge is 0.275 e. The largest absolute Gasteiger partial charge is 0.303 e. The third-order valence-electron chi connectivity index (χ3n) is 3.97. The van der Waals surface area contributed by atoms with Crippen molar-refractivity contribution in [3.8, 4) is 0 Å². The van der Waals surface area contributed by atoms with Crippen LogP contribution in [0.25, 0.3) is 16.7 Å². The minimum Gasteiger partial charge on any atom is -0.303 e. The van der Waals surface area contributed by atoms with Crippen molar-refractivity contribution in [2.24, 2.45) is 0 Å². The lowest BCUT2D eigenvalue weighted by atomic mass is 10.1. The van der Waals surface area contributed by atoms with Gasteiger partial charge in [-0.3, -0.25) is 9.20 Å². The van der Waals surface area contributed by atoms with Gasteiger partial charge in [0.15, 0.2) is 5.65 Å². The number of hydrogen-bond acceptors (Lipinski definition) is 2. The lowest BCUT2D eigenvalue weighted by Gasteiger charge is -2.11. The van der Waals surface area contributed by atoms with Crippen LogP contribution in [-0.4, -0.2) is 14.0 Å². The fourth-order valence-electron chi connectivity index (χ4n) is 2.88. The predicted molar refractivity (Wildman–Crippen MR) is 87.1 cm³/mol. The number of pyridine rings is 1. The van der Waals surface area contributed by atoms with Crippen LogP contribution < -0.4 is 5.56 Å². The first kappa shape index (κ1) is 12.8. The fraction of sp³-hybridized carbons (Fsp3) is 0.111. The van der Waals surface area contributed by atoms with Gasteiger partial charge in [-0.25, -0.2) is 4.98 Å². The highest BCUT2D eigenvalue weighted by molar-refractivity contribution is 5.74. The van der Waals surface area contributed by atoms with Crippen molar-refractivity contribution in [3.05, 3.63) is 82.9 Å². The van der Waals surface area contributed by atoms with Crippen molar-refractivity contribution in [3.63, 3.8) is 0 Å². The Morgan fingerprint density at radius 3 is 2.59 bits per heavy atom. The van der Waals surface area contributed by atoms with Crippen LogP contribution in [0, 0.1) is 0 Å². The zero-order valence-electron chi connectivity index (χ0n) is 12.0. The molecule has 22 heavy (non-hydrogen) atoms. The van der Waals surface area contributed by atoms with Gasteiger partial charge in [0.2, 0.25) is 0 Å². The first-order chi connectivity index (χ1) is 10.8. The standard InChI is InChI=1S/C18H15N3O/c22-18-16-9-5-12-20(16)17-15(8-4-11-19-17)21(18)13-10-14-6-2-1-3-7-14/h1-9,11-12H,10,13H2. The Kier molecular flexibility index (Phi) is 3.00. The average molecular weight is 289 g/mol. The highest BCUT2D eigenvalue weighted by atomic mass is 16.1. The molecule has 0 aliphatic carbocycles. The van der Waals surface area contributed by atoms with E-state index in [0.29, 0.717) is 12.1 Å². The van der Waals surface area contributed by atoms with Gasteiger partial charge in [0.05, 0.1) is 5.52 Å². The molecule has 0 spiro atoms. The molecule has 108 valence electrons. The maximum absolute atomic E-state index is 12.7. The molecular formula is C18H15N3O. The zero-order valence-corrected chi connectivity index (χ0v) is 12.0. The van der Waals surface area contributed by atoms with Gasteiger partial charge < -0.3 is 4.57 Å². The van der Waals surface area contributed by atoms with Crippen molar-refractivity contribution in [2.75, 3.05) is 0 Å². The molecule has 0 bridgehead atoms. The normalized spacial score (nSPS) is 11.3. The van der Waals surface area contributed by atoms with Gasteiger partial charge >= 0.3 is 0 Å². The topological polar surface area (TPSA) is 39.3 Å². The molecule has 3 aromatic heterocycles. The number of aromatic nitrogens is 3. The van der Waals surface area contributed by atoms with Gasteiger partial charge in [0.25, 0.3) is 5.56 Å². The van der Waals surface area contributed by atoms with Gasteiger partial charge in [0, 0.05) is 18.9 Å². The number of nitrogens with zero attached hydrogens (tertiary/aromatic N) is 3. The minimum absolute atomic E-state index is 0.0291. The third kappa shape index (κ3) is 2.00. The van der Waals surface area contributed by atoms with Crippen LogP contribution in [0.5, 0.6) is 0 Å². The van der Waals surface area contributed by atoms with Crippen molar-refractivity contribution >= 4 is 16.7 Å². The van der Waals surface area contributed by atoms with E-state index in [2.05, 4.69) is 17.1 Å². The van der Waals surface area contributed by atoms with E-state index in [1.54, 1.807) is 6.20 Å². The molecule has 0 radical (unpaired) electrons. The summed E-state index contributed by atoms with van der Waals surface area (Å²) >= 11 is 0. The monoisotopic (exact) mass is 289 g/mol. The van der Waals surface area contributed by atoms with E-state index in [-0.39, 0.29) is 5.56 Å². The summed E-state index contributed by atoms with van der Waals surface area (Å²) in [5.74, 6) is 0. The van der Waals surface area contributed by atoms with Crippen LogP contribution in [0.15, 0.2) is 71.8 Å². The number of aryl methyl sites for hydroxylation is 2. The molecular weight excluding hydrogens is 274 g/mol. The van der Waals surface area contributed by atoms with E-state index < -0.39 is 0 Å². The Morgan fingerprint density at radius 2 is 1.73 bits per heavy atom. The first-order valence-electron chi connectivity index (χ1n) is 7.33. The van der Waals surface area contributed by atoms with E-state index in [9.17, 15) is 4.79 Å². The Bertz CT molecular complexity index is 999. The van der Waals surface area contributed by atoms with Crippen molar-refractivity contribution in [2.45, 2.75) is 13.0 Å². The SMILES string of the molecule is O=c1c2cccn2c2ncccc2n1CCc1ccccc1. The molecule has 0 saturated carbocycles. The molecule has 4 nitrogen and oxygen atoms in total. The molecule has 3 heterocycles. The molecule has 4 rings (SSSR count). The number of hydrogen-bond donors (Lipinski definition) is 0. The molecule has 0 fully saturated rings. The lowest BCUT2D eigenvalue weighted by Crippen LogP contribution is -2.24. The number of benzene rings is 1. The van der Waals surface area contributed by atoms with Gasteiger partial charge in [0.1, 0.15) is 5.52 Å². The molecule has 0 atom stereocenters. The second-order valence-corrected chi connectivity index (χ2v) is 5.30.